The predicted octanol–water partition coefficient (Wildman–Crippen LogP) is 5.85. The van der Waals surface area contributed by atoms with Gasteiger partial charge in [0, 0.05) is 5.69 Å². The highest BCUT2D eigenvalue weighted by molar-refractivity contribution is 7.99. The second-order valence-electron chi connectivity index (χ2n) is 8.41. The number of aromatic nitrogens is 2. The number of carbonyl (C=O) groups is 1. The molecule has 4 aromatic rings. The molecule has 1 aliphatic heterocycles. The normalized spacial score (nSPS) is 12.6. The molecule has 1 N–H and O–H groups in total. The minimum absolute atomic E-state index is 0.0139. The third-order valence-electron chi connectivity index (χ3n) is 5.96. The molecule has 172 valence electrons. The van der Waals surface area contributed by atoms with Gasteiger partial charge in [0.1, 0.15) is 0 Å². The molecule has 3 aromatic carbocycles. The van der Waals surface area contributed by atoms with Crippen LogP contribution in [0.1, 0.15) is 28.1 Å². The monoisotopic (exact) mass is 470 g/mol. The van der Waals surface area contributed by atoms with Crippen LogP contribution < -0.4 is 10.2 Å². The SMILES string of the molecule is Cc1ccc(NCc2nnc(SCC(=O)N3c4ccccc4CCc4ccccc43)o2)c(C)c1. The number of benzene rings is 3. The lowest BCUT2D eigenvalue weighted by Gasteiger charge is -2.24. The predicted molar refractivity (Wildman–Crippen MR) is 136 cm³/mol. The van der Waals surface area contributed by atoms with Gasteiger partial charge in [-0.1, -0.05) is 65.9 Å². The molecule has 5 rings (SSSR count). The van der Waals surface area contributed by atoms with E-state index in [9.17, 15) is 4.79 Å². The Morgan fingerprint density at radius 2 is 1.65 bits per heavy atom. The van der Waals surface area contributed by atoms with Gasteiger partial charge in [-0.05, 0) is 61.6 Å². The molecule has 0 saturated carbocycles. The summed E-state index contributed by atoms with van der Waals surface area (Å²) < 4.78 is 5.78. The number of thioether (sulfide) groups is 1. The van der Waals surface area contributed by atoms with E-state index in [2.05, 4.69) is 53.6 Å². The van der Waals surface area contributed by atoms with Gasteiger partial charge >= 0.3 is 0 Å². The zero-order valence-corrected chi connectivity index (χ0v) is 20.1. The summed E-state index contributed by atoms with van der Waals surface area (Å²) in [6, 6.07) is 22.5. The second kappa shape index (κ2) is 9.73. The molecule has 6 nitrogen and oxygen atoms in total. The highest BCUT2D eigenvalue weighted by Crippen LogP contribution is 2.36. The Hall–Kier alpha value is -3.58. The number of carbonyl (C=O) groups excluding carboxylic acids is 1. The van der Waals surface area contributed by atoms with Crippen LogP contribution in [-0.4, -0.2) is 21.9 Å². The Bertz CT molecular complexity index is 1290. The van der Waals surface area contributed by atoms with Gasteiger partial charge in [-0.2, -0.15) is 0 Å². The van der Waals surface area contributed by atoms with Gasteiger partial charge in [0.25, 0.3) is 5.22 Å². The van der Waals surface area contributed by atoms with Crippen LogP contribution in [0.2, 0.25) is 0 Å². The van der Waals surface area contributed by atoms with Gasteiger partial charge in [0.15, 0.2) is 0 Å². The molecule has 0 bridgehead atoms. The molecule has 7 heteroatoms. The molecule has 0 saturated heterocycles. The Balaban J connectivity index is 1.28. The van der Waals surface area contributed by atoms with E-state index in [4.69, 9.17) is 4.42 Å². The third-order valence-corrected chi connectivity index (χ3v) is 6.76. The van der Waals surface area contributed by atoms with Crippen LogP contribution in [0.15, 0.2) is 76.4 Å². The standard InChI is InChI=1S/C27H26N4O2S/c1-18-11-14-22(19(2)15-18)28-16-25-29-30-27(33-25)34-17-26(32)31-23-9-5-3-7-20(23)12-13-21-8-4-6-10-24(21)31/h3-11,14-15,28H,12-13,16-17H2,1-2H3. The van der Waals surface area contributed by atoms with E-state index in [1.807, 2.05) is 47.4 Å². The topological polar surface area (TPSA) is 71.3 Å². The first-order chi connectivity index (χ1) is 16.6. The Labute approximate surface area is 203 Å². The molecule has 0 aliphatic carbocycles. The molecular weight excluding hydrogens is 444 g/mol. The summed E-state index contributed by atoms with van der Waals surface area (Å²) in [5, 5.41) is 12.0. The molecule has 0 fully saturated rings. The zero-order chi connectivity index (χ0) is 23.5. The fraction of sp³-hybridized carbons (Fsp3) is 0.222. The van der Waals surface area contributed by atoms with E-state index in [0.29, 0.717) is 17.7 Å². The minimum atomic E-state index is -0.0139. The molecule has 34 heavy (non-hydrogen) atoms. The molecule has 1 aliphatic rings. The lowest BCUT2D eigenvalue weighted by Crippen LogP contribution is -2.28. The third kappa shape index (κ3) is 4.70. The number of rotatable bonds is 6. The van der Waals surface area contributed by atoms with Crippen LogP contribution in [-0.2, 0) is 24.2 Å². The van der Waals surface area contributed by atoms with Crippen molar-refractivity contribution in [2.24, 2.45) is 0 Å². The highest BCUT2D eigenvalue weighted by atomic mass is 32.2. The number of aryl methyl sites for hydroxylation is 4. The van der Waals surface area contributed by atoms with Gasteiger partial charge in [0.2, 0.25) is 11.8 Å². The maximum absolute atomic E-state index is 13.4. The number of para-hydroxylation sites is 2. The van der Waals surface area contributed by atoms with Gasteiger partial charge in [-0.25, -0.2) is 0 Å². The van der Waals surface area contributed by atoms with Crippen molar-refractivity contribution in [1.82, 2.24) is 10.2 Å². The number of anilines is 3. The first-order valence-corrected chi connectivity index (χ1v) is 12.3. The largest absolute Gasteiger partial charge is 0.414 e. The average molecular weight is 471 g/mol. The number of nitrogens with zero attached hydrogens (tertiary/aromatic N) is 3. The Kier molecular flexibility index (Phi) is 6.36. The summed E-state index contributed by atoms with van der Waals surface area (Å²) in [5.41, 5.74) is 7.66. The molecule has 1 amide bonds. The van der Waals surface area contributed by atoms with Crippen molar-refractivity contribution in [3.05, 3.63) is 94.9 Å². The summed E-state index contributed by atoms with van der Waals surface area (Å²) in [6.45, 7) is 4.57. The van der Waals surface area contributed by atoms with E-state index in [-0.39, 0.29) is 11.7 Å². The van der Waals surface area contributed by atoms with E-state index in [0.717, 1.165) is 35.5 Å². The van der Waals surface area contributed by atoms with Crippen LogP contribution in [0, 0.1) is 13.8 Å². The average Bonchev–Trinajstić information content (AvgIpc) is 3.23. The summed E-state index contributed by atoms with van der Waals surface area (Å²) in [7, 11) is 0. The van der Waals surface area contributed by atoms with Crippen molar-refractivity contribution < 1.29 is 9.21 Å². The summed E-state index contributed by atoms with van der Waals surface area (Å²) in [6.07, 6.45) is 1.81. The van der Waals surface area contributed by atoms with Gasteiger partial charge in [0.05, 0.1) is 23.7 Å². The molecule has 0 radical (unpaired) electrons. The Morgan fingerprint density at radius 3 is 2.32 bits per heavy atom. The number of hydrogen-bond acceptors (Lipinski definition) is 6. The maximum atomic E-state index is 13.4. The molecule has 2 heterocycles. The van der Waals surface area contributed by atoms with Crippen molar-refractivity contribution in [2.45, 2.75) is 38.5 Å². The van der Waals surface area contributed by atoms with E-state index >= 15 is 0 Å². The first-order valence-electron chi connectivity index (χ1n) is 11.3. The van der Waals surface area contributed by atoms with Crippen LogP contribution in [0.5, 0.6) is 0 Å². The van der Waals surface area contributed by atoms with Crippen molar-refractivity contribution >= 4 is 34.7 Å². The number of nitrogens with one attached hydrogen (secondary N) is 1. The summed E-state index contributed by atoms with van der Waals surface area (Å²) in [4.78, 5) is 15.3. The Morgan fingerprint density at radius 1 is 0.971 bits per heavy atom. The van der Waals surface area contributed by atoms with Crippen molar-refractivity contribution in [2.75, 3.05) is 16.0 Å². The molecule has 0 spiro atoms. The number of hydrogen-bond donors (Lipinski definition) is 1. The molecular formula is C27H26N4O2S. The zero-order valence-electron chi connectivity index (χ0n) is 19.2. The van der Waals surface area contributed by atoms with Crippen LogP contribution in [0.25, 0.3) is 0 Å². The second-order valence-corrected chi connectivity index (χ2v) is 9.34. The highest BCUT2D eigenvalue weighted by Gasteiger charge is 2.26. The fourth-order valence-electron chi connectivity index (χ4n) is 4.29. The summed E-state index contributed by atoms with van der Waals surface area (Å²) in [5.74, 6) is 0.676. The van der Waals surface area contributed by atoms with Crippen molar-refractivity contribution in [3.63, 3.8) is 0 Å². The van der Waals surface area contributed by atoms with E-state index in [1.54, 1.807) is 0 Å². The van der Waals surface area contributed by atoms with Gasteiger partial charge < -0.3 is 9.73 Å². The number of fused-ring (bicyclic) bond motifs is 2. The van der Waals surface area contributed by atoms with Gasteiger partial charge in [-0.15, -0.1) is 10.2 Å². The van der Waals surface area contributed by atoms with Crippen molar-refractivity contribution in [3.8, 4) is 0 Å². The molecule has 1 aromatic heterocycles. The van der Waals surface area contributed by atoms with Gasteiger partial charge in [-0.3, -0.25) is 9.69 Å². The molecule has 0 unspecified atom stereocenters. The van der Waals surface area contributed by atoms with Crippen molar-refractivity contribution in [1.29, 1.82) is 0 Å². The summed E-state index contributed by atoms with van der Waals surface area (Å²) >= 11 is 1.27. The van der Waals surface area contributed by atoms with Crippen LogP contribution in [0.4, 0.5) is 17.1 Å². The number of amides is 1. The minimum Gasteiger partial charge on any atom is -0.414 e. The van der Waals surface area contributed by atoms with E-state index in [1.165, 1.54) is 28.5 Å². The first kappa shape index (κ1) is 22.2. The van der Waals surface area contributed by atoms with E-state index < -0.39 is 0 Å². The fourth-order valence-corrected chi connectivity index (χ4v) is 4.92. The van der Waals surface area contributed by atoms with Crippen LogP contribution in [0.3, 0.4) is 0 Å². The smallest absolute Gasteiger partial charge is 0.277 e. The molecule has 0 atom stereocenters. The van der Waals surface area contributed by atoms with Crippen LogP contribution >= 0.6 is 11.8 Å². The maximum Gasteiger partial charge on any atom is 0.277 e. The lowest BCUT2D eigenvalue weighted by atomic mass is 10.0. The lowest BCUT2D eigenvalue weighted by molar-refractivity contribution is -0.115. The quantitative estimate of drug-likeness (QED) is 0.356.